The predicted octanol–water partition coefficient (Wildman–Crippen LogP) is 3.97. The van der Waals surface area contributed by atoms with Crippen LogP contribution in [-0.2, 0) is 12.8 Å². The van der Waals surface area contributed by atoms with Gasteiger partial charge >= 0.3 is 0 Å². The fourth-order valence-corrected chi connectivity index (χ4v) is 2.91. The summed E-state index contributed by atoms with van der Waals surface area (Å²) in [7, 11) is 1.77. The zero-order valence-electron chi connectivity index (χ0n) is 16.5. The number of hydrogen-bond donors (Lipinski definition) is 2. The van der Waals surface area contributed by atoms with Crippen molar-refractivity contribution in [2.24, 2.45) is 4.99 Å². The van der Waals surface area contributed by atoms with Crippen LogP contribution in [0.2, 0.25) is 0 Å². The van der Waals surface area contributed by atoms with E-state index in [4.69, 9.17) is 0 Å². The van der Waals surface area contributed by atoms with Crippen LogP contribution in [0.4, 0.5) is 4.39 Å². The van der Waals surface area contributed by atoms with Crippen molar-refractivity contribution in [3.63, 3.8) is 0 Å². The van der Waals surface area contributed by atoms with Crippen molar-refractivity contribution in [1.82, 2.24) is 20.4 Å². The van der Waals surface area contributed by atoms with Crippen molar-refractivity contribution < 1.29 is 4.39 Å². The molecule has 7 heteroatoms. The summed E-state index contributed by atoms with van der Waals surface area (Å²) in [5.41, 5.74) is 3.16. The Morgan fingerprint density at radius 3 is 2.41 bits per heavy atom. The molecule has 0 atom stereocenters. The smallest absolute Gasteiger partial charge is 0.190 e. The molecule has 2 aromatic carbocycles. The molecule has 29 heavy (non-hydrogen) atoms. The molecule has 0 amide bonds. The average Bonchev–Trinajstić information content (AvgIpc) is 3.20. The topological polar surface area (TPSA) is 54.2 Å². The maximum absolute atomic E-state index is 13.0. The molecule has 0 aliphatic rings. The molecule has 0 aliphatic carbocycles. The molecule has 1 aromatic heterocycles. The van der Waals surface area contributed by atoms with Gasteiger partial charge in [0.05, 0.1) is 11.4 Å². The fourth-order valence-electron chi connectivity index (χ4n) is 2.91. The molecule has 2 N–H and O–H groups in total. The molecule has 0 unspecified atom stereocenters. The lowest BCUT2D eigenvalue weighted by Crippen LogP contribution is -2.38. The van der Waals surface area contributed by atoms with Gasteiger partial charge in [-0.05, 0) is 48.7 Å². The van der Waals surface area contributed by atoms with Crippen LogP contribution in [0, 0.1) is 5.82 Å². The van der Waals surface area contributed by atoms with Crippen LogP contribution < -0.4 is 10.6 Å². The Morgan fingerprint density at radius 1 is 0.966 bits per heavy atom. The number of aryl methyl sites for hydroxylation is 1. The van der Waals surface area contributed by atoms with Crippen LogP contribution >= 0.6 is 24.0 Å². The van der Waals surface area contributed by atoms with Gasteiger partial charge in [0.2, 0.25) is 0 Å². The maximum Gasteiger partial charge on any atom is 0.190 e. The summed E-state index contributed by atoms with van der Waals surface area (Å²) in [6.45, 7) is 1.60. The highest BCUT2D eigenvalue weighted by atomic mass is 127. The Kier molecular flexibility index (Phi) is 9.63. The summed E-state index contributed by atoms with van der Waals surface area (Å²) in [5, 5.41) is 11.2. The summed E-state index contributed by atoms with van der Waals surface area (Å²) < 4.78 is 14.8. The minimum absolute atomic E-state index is 0. The molecule has 154 valence electrons. The molecule has 0 bridgehead atoms. The normalized spacial score (nSPS) is 11.0. The largest absolute Gasteiger partial charge is 0.356 e. The van der Waals surface area contributed by atoms with Gasteiger partial charge in [0, 0.05) is 32.8 Å². The van der Waals surface area contributed by atoms with Crippen LogP contribution in [-0.4, -0.2) is 35.9 Å². The van der Waals surface area contributed by atoms with E-state index >= 15 is 0 Å². The molecule has 3 aromatic rings. The van der Waals surface area contributed by atoms with E-state index in [1.165, 1.54) is 17.7 Å². The van der Waals surface area contributed by atoms with Crippen molar-refractivity contribution in [2.45, 2.75) is 19.3 Å². The first-order valence-electron chi connectivity index (χ1n) is 9.53. The number of nitrogens with one attached hydrogen (secondary N) is 2. The number of aromatic nitrogens is 2. The van der Waals surface area contributed by atoms with E-state index < -0.39 is 0 Å². The molecule has 0 saturated heterocycles. The van der Waals surface area contributed by atoms with E-state index in [0.717, 1.165) is 49.7 Å². The molecule has 0 fully saturated rings. The lowest BCUT2D eigenvalue weighted by Gasteiger charge is -2.11. The first-order chi connectivity index (χ1) is 13.7. The number of rotatable bonds is 8. The van der Waals surface area contributed by atoms with Gasteiger partial charge in [0.25, 0.3) is 0 Å². The van der Waals surface area contributed by atoms with E-state index in [2.05, 4.69) is 45.0 Å². The van der Waals surface area contributed by atoms with Crippen molar-refractivity contribution in [3.8, 4) is 5.69 Å². The van der Waals surface area contributed by atoms with Crippen molar-refractivity contribution in [3.05, 3.63) is 83.9 Å². The number of nitrogens with zero attached hydrogens (tertiary/aromatic N) is 3. The Hall–Kier alpha value is -2.42. The maximum atomic E-state index is 13.0. The van der Waals surface area contributed by atoms with Crippen molar-refractivity contribution in [2.75, 3.05) is 20.1 Å². The first kappa shape index (κ1) is 22.9. The quantitative estimate of drug-likeness (QED) is 0.210. The third-order valence-corrected chi connectivity index (χ3v) is 4.41. The van der Waals surface area contributed by atoms with Crippen LogP contribution in [0.25, 0.3) is 5.69 Å². The highest BCUT2D eigenvalue weighted by Gasteiger charge is 2.03. The third-order valence-electron chi connectivity index (χ3n) is 4.41. The minimum Gasteiger partial charge on any atom is -0.356 e. The Balaban J connectivity index is 0.00000300. The average molecular weight is 507 g/mol. The Bertz CT molecular complexity index is 878. The van der Waals surface area contributed by atoms with Gasteiger partial charge in [-0.25, -0.2) is 9.07 Å². The molecular formula is C22H27FIN5. The number of hydrogen-bond acceptors (Lipinski definition) is 2. The zero-order chi connectivity index (χ0) is 19.6. The molecule has 0 aliphatic heterocycles. The molecule has 0 spiro atoms. The molecular weight excluding hydrogens is 480 g/mol. The van der Waals surface area contributed by atoms with Crippen LogP contribution in [0.5, 0.6) is 0 Å². The SMILES string of the molecule is CN=C(NCCCc1ccccc1)NCCc1ccn(-c2ccc(F)cc2)n1.I. The number of guanidine groups is 1. The van der Waals surface area contributed by atoms with E-state index in [-0.39, 0.29) is 29.8 Å². The van der Waals surface area contributed by atoms with Gasteiger partial charge in [0.1, 0.15) is 5.82 Å². The number of aliphatic imine (C=N–C) groups is 1. The molecule has 0 radical (unpaired) electrons. The van der Waals surface area contributed by atoms with Gasteiger partial charge in [0.15, 0.2) is 5.96 Å². The first-order valence-corrected chi connectivity index (χ1v) is 9.53. The van der Waals surface area contributed by atoms with Crippen LogP contribution in [0.15, 0.2) is 71.9 Å². The predicted molar refractivity (Wildman–Crippen MR) is 127 cm³/mol. The van der Waals surface area contributed by atoms with Gasteiger partial charge in [-0.15, -0.1) is 24.0 Å². The van der Waals surface area contributed by atoms with Gasteiger partial charge in [-0.2, -0.15) is 5.10 Å². The molecule has 1 heterocycles. The lowest BCUT2D eigenvalue weighted by molar-refractivity contribution is 0.627. The van der Waals surface area contributed by atoms with Crippen LogP contribution in [0.1, 0.15) is 17.7 Å². The minimum atomic E-state index is -0.247. The summed E-state index contributed by atoms with van der Waals surface area (Å²) in [4.78, 5) is 4.26. The second kappa shape index (κ2) is 12.2. The van der Waals surface area contributed by atoms with E-state index in [1.807, 2.05) is 18.3 Å². The lowest BCUT2D eigenvalue weighted by atomic mass is 10.1. The van der Waals surface area contributed by atoms with Crippen LogP contribution in [0.3, 0.4) is 0 Å². The summed E-state index contributed by atoms with van der Waals surface area (Å²) in [6.07, 6.45) is 4.76. The Morgan fingerprint density at radius 2 is 1.69 bits per heavy atom. The molecule has 5 nitrogen and oxygen atoms in total. The Labute approximate surface area is 188 Å². The van der Waals surface area contributed by atoms with Gasteiger partial charge in [-0.3, -0.25) is 4.99 Å². The number of benzene rings is 2. The second-order valence-electron chi connectivity index (χ2n) is 6.49. The fraction of sp³-hybridized carbons (Fsp3) is 0.273. The van der Waals surface area contributed by atoms with E-state index in [9.17, 15) is 4.39 Å². The summed E-state index contributed by atoms with van der Waals surface area (Å²) in [6, 6.07) is 18.8. The highest BCUT2D eigenvalue weighted by molar-refractivity contribution is 14.0. The van der Waals surface area contributed by atoms with E-state index in [1.54, 1.807) is 23.9 Å². The second-order valence-corrected chi connectivity index (χ2v) is 6.49. The standard InChI is InChI=1S/C22H26FN5.HI/c1-24-22(25-15-5-8-18-6-3-2-4-7-18)26-16-13-20-14-17-28(27-20)21-11-9-19(23)10-12-21;/h2-4,6-7,9-12,14,17H,5,8,13,15-16H2,1H3,(H2,24,25,26);1H. The molecule has 3 rings (SSSR count). The van der Waals surface area contributed by atoms with Crippen molar-refractivity contribution in [1.29, 1.82) is 0 Å². The number of halogens is 2. The molecule has 0 saturated carbocycles. The zero-order valence-corrected chi connectivity index (χ0v) is 18.8. The monoisotopic (exact) mass is 507 g/mol. The summed E-state index contributed by atoms with van der Waals surface area (Å²) in [5.74, 6) is 0.550. The van der Waals surface area contributed by atoms with E-state index in [0.29, 0.717) is 0 Å². The van der Waals surface area contributed by atoms with Gasteiger partial charge < -0.3 is 10.6 Å². The third kappa shape index (κ3) is 7.49. The summed E-state index contributed by atoms with van der Waals surface area (Å²) >= 11 is 0. The van der Waals surface area contributed by atoms with Crippen molar-refractivity contribution >= 4 is 29.9 Å². The highest BCUT2D eigenvalue weighted by Crippen LogP contribution is 2.09. The van der Waals surface area contributed by atoms with Gasteiger partial charge in [-0.1, -0.05) is 30.3 Å².